The van der Waals surface area contributed by atoms with Gasteiger partial charge in [0.25, 0.3) is 0 Å². The molecule has 1 aliphatic rings. The Morgan fingerprint density at radius 2 is 2.06 bits per heavy atom. The third kappa shape index (κ3) is 2.88. The zero-order valence-corrected chi connectivity index (χ0v) is 11.1. The smallest absolute Gasteiger partial charge is 0.0510 e. The topological polar surface area (TPSA) is 21.3 Å². The van der Waals surface area contributed by atoms with Crippen LogP contribution in [0.2, 0.25) is 0 Å². The van der Waals surface area contributed by atoms with Gasteiger partial charge in [-0.2, -0.15) is 0 Å². The van der Waals surface area contributed by atoms with Gasteiger partial charge in [-0.1, -0.05) is 18.2 Å². The highest BCUT2D eigenvalue weighted by molar-refractivity contribution is 5.34. The normalized spacial score (nSPS) is 21.7. The first kappa shape index (κ1) is 12.6. The van der Waals surface area contributed by atoms with Crippen molar-refractivity contribution in [3.05, 3.63) is 34.9 Å². The second-order valence-electron chi connectivity index (χ2n) is 5.09. The fraction of sp³-hybridized carbons (Fsp3) is 0.600. The second-order valence-corrected chi connectivity index (χ2v) is 5.09. The molecular weight excluding hydrogens is 210 g/mol. The molecule has 2 heteroatoms. The zero-order chi connectivity index (χ0) is 12.3. The first-order chi connectivity index (χ1) is 8.22. The highest BCUT2D eigenvalue weighted by atomic mass is 16.5. The highest BCUT2D eigenvalue weighted by Crippen LogP contribution is 2.22. The number of hydrogen-bond donors (Lipinski definition) is 1. The first-order valence-electron chi connectivity index (χ1n) is 6.52. The van der Waals surface area contributed by atoms with Crippen molar-refractivity contribution in [2.75, 3.05) is 20.3 Å². The Morgan fingerprint density at radius 1 is 1.35 bits per heavy atom. The van der Waals surface area contributed by atoms with Crippen molar-refractivity contribution < 1.29 is 4.74 Å². The molecule has 1 heterocycles. The fourth-order valence-corrected chi connectivity index (χ4v) is 2.77. The number of rotatable bonds is 4. The van der Waals surface area contributed by atoms with Crippen LogP contribution in [0.1, 0.15) is 23.1 Å². The van der Waals surface area contributed by atoms with Gasteiger partial charge in [-0.25, -0.2) is 0 Å². The average Bonchev–Trinajstić information content (AvgIpc) is 2.82. The molecular formula is C15H23NO. The quantitative estimate of drug-likeness (QED) is 0.862. The molecule has 17 heavy (non-hydrogen) atoms. The van der Waals surface area contributed by atoms with E-state index in [4.69, 9.17) is 4.74 Å². The van der Waals surface area contributed by atoms with Crippen LogP contribution in [0.25, 0.3) is 0 Å². The van der Waals surface area contributed by atoms with Gasteiger partial charge < -0.3 is 10.1 Å². The molecule has 1 aromatic carbocycles. The Kier molecular flexibility index (Phi) is 4.19. The molecule has 2 unspecified atom stereocenters. The summed E-state index contributed by atoms with van der Waals surface area (Å²) in [6.07, 6.45) is 2.31. The maximum absolute atomic E-state index is 5.50. The van der Waals surface area contributed by atoms with Gasteiger partial charge in [0.05, 0.1) is 6.61 Å². The molecule has 0 aliphatic carbocycles. The third-order valence-corrected chi connectivity index (χ3v) is 3.97. The molecule has 0 radical (unpaired) electrons. The minimum atomic E-state index is 0.539. The van der Waals surface area contributed by atoms with Crippen LogP contribution in [0.4, 0.5) is 0 Å². The van der Waals surface area contributed by atoms with Crippen LogP contribution in [0.5, 0.6) is 0 Å². The van der Waals surface area contributed by atoms with Gasteiger partial charge in [-0.15, -0.1) is 0 Å². The van der Waals surface area contributed by atoms with Crippen LogP contribution in [0, 0.1) is 19.8 Å². The van der Waals surface area contributed by atoms with Gasteiger partial charge in [0, 0.05) is 18.6 Å². The van der Waals surface area contributed by atoms with E-state index in [2.05, 4.69) is 44.4 Å². The van der Waals surface area contributed by atoms with Crippen molar-refractivity contribution in [2.45, 2.75) is 32.7 Å². The van der Waals surface area contributed by atoms with Gasteiger partial charge in [-0.3, -0.25) is 0 Å². The van der Waals surface area contributed by atoms with Gasteiger partial charge in [0.2, 0.25) is 0 Å². The molecule has 1 fully saturated rings. The lowest BCUT2D eigenvalue weighted by Crippen LogP contribution is -2.36. The number of likely N-dealkylation sites (N-methyl/N-ethyl adjacent to an activating group) is 1. The molecule has 0 aromatic heterocycles. The van der Waals surface area contributed by atoms with E-state index in [-0.39, 0.29) is 0 Å². The van der Waals surface area contributed by atoms with E-state index >= 15 is 0 Å². The van der Waals surface area contributed by atoms with Crippen LogP contribution >= 0.6 is 0 Å². The summed E-state index contributed by atoms with van der Waals surface area (Å²) in [5, 5.41) is 3.47. The summed E-state index contributed by atoms with van der Waals surface area (Å²) in [5.74, 6) is 0.666. The van der Waals surface area contributed by atoms with Crippen molar-refractivity contribution in [3.63, 3.8) is 0 Å². The maximum Gasteiger partial charge on any atom is 0.0510 e. The largest absolute Gasteiger partial charge is 0.381 e. The molecule has 94 valence electrons. The summed E-state index contributed by atoms with van der Waals surface area (Å²) >= 11 is 0. The summed E-state index contributed by atoms with van der Waals surface area (Å²) in [7, 11) is 2.07. The predicted molar refractivity (Wildman–Crippen MR) is 71.4 cm³/mol. The Morgan fingerprint density at radius 3 is 2.59 bits per heavy atom. The molecule has 1 aromatic rings. The van der Waals surface area contributed by atoms with Crippen molar-refractivity contribution in [2.24, 2.45) is 5.92 Å². The third-order valence-electron chi connectivity index (χ3n) is 3.97. The van der Waals surface area contributed by atoms with E-state index in [0.717, 1.165) is 19.6 Å². The van der Waals surface area contributed by atoms with Crippen LogP contribution in [0.3, 0.4) is 0 Å². The van der Waals surface area contributed by atoms with E-state index in [0.29, 0.717) is 12.0 Å². The van der Waals surface area contributed by atoms with Gasteiger partial charge in [0.1, 0.15) is 0 Å². The molecule has 0 saturated carbocycles. The van der Waals surface area contributed by atoms with Crippen molar-refractivity contribution in [3.8, 4) is 0 Å². The highest BCUT2D eigenvalue weighted by Gasteiger charge is 2.25. The molecule has 2 nitrogen and oxygen atoms in total. The van der Waals surface area contributed by atoms with Gasteiger partial charge in [0.15, 0.2) is 0 Å². The number of benzene rings is 1. The zero-order valence-electron chi connectivity index (χ0n) is 11.1. The van der Waals surface area contributed by atoms with Crippen molar-refractivity contribution >= 4 is 0 Å². The average molecular weight is 233 g/mol. The van der Waals surface area contributed by atoms with E-state index in [1.807, 2.05) is 0 Å². The Labute approximate surface area is 104 Å². The van der Waals surface area contributed by atoms with E-state index in [9.17, 15) is 0 Å². The van der Waals surface area contributed by atoms with Crippen molar-refractivity contribution in [1.82, 2.24) is 5.32 Å². The Bertz CT molecular complexity index is 349. The van der Waals surface area contributed by atoms with Crippen molar-refractivity contribution in [1.29, 1.82) is 0 Å². The van der Waals surface area contributed by atoms with E-state index in [1.165, 1.54) is 23.1 Å². The minimum Gasteiger partial charge on any atom is -0.381 e. The van der Waals surface area contributed by atoms with Crippen LogP contribution in [-0.2, 0) is 11.2 Å². The SMILES string of the molecule is CNC(Cc1c(C)cccc1C)C1CCOC1. The van der Waals surface area contributed by atoms with Crippen LogP contribution < -0.4 is 5.32 Å². The number of nitrogens with one attached hydrogen (secondary N) is 1. The fourth-order valence-electron chi connectivity index (χ4n) is 2.77. The summed E-state index contributed by atoms with van der Waals surface area (Å²) in [4.78, 5) is 0. The monoisotopic (exact) mass is 233 g/mol. The number of hydrogen-bond acceptors (Lipinski definition) is 2. The summed E-state index contributed by atoms with van der Waals surface area (Å²) < 4.78 is 5.50. The van der Waals surface area contributed by atoms with E-state index < -0.39 is 0 Å². The Balaban J connectivity index is 2.12. The Hall–Kier alpha value is -0.860. The predicted octanol–water partition coefficient (Wildman–Crippen LogP) is 2.47. The summed E-state index contributed by atoms with van der Waals surface area (Å²) in [5.41, 5.74) is 4.31. The summed E-state index contributed by atoms with van der Waals surface area (Å²) in [6, 6.07) is 7.10. The lowest BCUT2D eigenvalue weighted by atomic mass is 9.89. The molecule has 0 spiro atoms. The minimum absolute atomic E-state index is 0.539. The molecule has 2 rings (SSSR count). The molecule has 1 aliphatic heterocycles. The lowest BCUT2D eigenvalue weighted by molar-refractivity contribution is 0.177. The molecule has 2 atom stereocenters. The standard InChI is InChI=1S/C15H23NO/c1-11-5-4-6-12(2)14(11)9-15(16-3)13-7-8-17-10-13/h4-6,13,15-16H,7-10H2,1-3H3. The molecule has 0 amide bonds. The van der Waals surface area contributed by atoms with Crippen LogP contribution in [0.15, 0.2) is 18.2 Å². The lowest BCUT2D eigenvalue weighted by Gasteiger charge is -2.23. The molecule has 0 bridgehead atoms. The molecule has 1 saturated heterocycles. The van der Waals surface area contributed by atoms with E-state index in [1.54, 1.807) is 0 Å². The van der Waals surface area contributed by atoms with Gasteiger partial charge >= 0.3 is 0 Å². The first-order valence-corrected chi connectivity index (χ1v) is 6.52. The molecule has 1 N–H and O–H groups in total. The summed E-state index contributed by atoms with van der Waals surface area (Å²) in [6.45, 7) is 6.26. The number of aryl methyl sites for hydroxylation is 2. The number of ether oxygens (including phenoxy) is 1. The van der Waals surface area contributed by atoms with Crippen LogP contribution in [-0.4, -0.2) is 26.3 Å². The second kappa shape index (κ2) is 5.65. The maximum atomic E-state index is 5.50. The van der Waals surface area contributed by atoms with Gasteiger partial charge in [-0.05, 0) is 50.4 Å².